The number of ether oxygens (including phenoxy) is 1. The minimum Gasteiger partial charge on any atom is -0.484 e. The van der Waals surface area contributed by atoms with Gasteiger partial charge in [0.05, 0.1) is 0 Å². The van der Waals surface area contributed by atoms with Gasteiger partial charge in [-0.3, -0.25) is 9.79 Å². The van der Waals surface area contributed by atoms with Gasteiger partial charge in [0.25, 0.3) is 5.91 Å². The molecule has 0 bridgehead atoms. The monoisotopic (exact) mass is 443 g/mol. The number of carbonyl (C=O) groups excluding carboxylic acids is 1. The lowest BCUT2D eigenvalue weighted by atomic mass is 10.1. The van der Waals surface area contributed by atoms with Gasteiger partial charge in [0.2, 0.25) is 0 Å². The molecule has 0 spiro atoms. The topological polar surface area (TPSA) is 83.2 Å². The first-order valence-corrected chi connectivity index (χ1v) is 10.8. The van der Waals surface area contributed by atoms with Crippen molar-refractivity contribution in [3.63, 3.8) is 0 Å². The molecule has 0 atom stereocenters. The minimum atomic E-state index is -0.483. The van der Waals surface area contributed by atoms with E-state index in [1.807, 2.05) is 43.4 Å². The number of halogens is 1. The van der Waals surface area contributed by atoms with Gasteiger partial charge in [-0.25, -0.2) is 0 Å². The summed E-state index contributed by atoms with van der Waals surface area (Å²) in [5.41, 5.74) is 8.72. The Labute approximate surface area is 188 Å². The molecule has 3 rings (SSSR count). The van der Waals surface area contributed by atoms with Crippen LogP contribution < -0.4 is 20.7 Å². The molecule has 166 valence electrons. The molecule has 0 aliphatic carbocycles. The summed E-state index contributed by atoms with van der Waals surface area (Å²) in [5, 5.41) is 4.23. The summed E-state index contributed by atoms with van der Waals surface area (Å²) in [6.45, 7) is 6.44. The Morgan fingerprint density at radius 2 is 1.87 bits per heavy atom. The molecule has 31 heavy (non-hydrogen) atoms. The number of nitrogens with zero attached hydrogens (tertiary/aromatic N) is 3. The van der Waals surface area contributed by atoms with E-state index in [9.17, 15) is 4.79 Å². The predicted octanol–water partition coefficient (Wildman–Crippen LogP) is 2.45. The third kappa shape index (κ3) is 6.52. The fraction of sp³-hybridized carbons (Fsp3) is 0.391. The number of piperazine rings is 1. The molecule has 1 aliphatic heterocycles. The number of benzene rings is 2. The molecule has 0 unspecified atom stereocenters. The summed E-state index contributed by atoms with van der Waals surface area (Å²) in [6.07, 6.45) is 0.858. The molecule has 0 saturated carbocycles. The lowest BCUT2D eigenvalue weighted by molar-refractivity contribution is -0.119. The van der Waals surface area contributed by atoms with Crippen LogP contribution in [0.15, 0.2) is 47.5 Å². The molecule has 8 heteroatoms. The second-order valence-corrected chi connectivity index (χ2v) is 7.96. The Kier molecular flexibility index (Phi) is 8.00. The average Bonchev–Trinajstić information content (AvgIpc) is 2.78. The van der Waals surface area contributed by atoms with Crippen LogP contribution in [0.4, 0.5) is 5.69 Å². The van der Waals surface area contributed by atoms with Gasteiger partial charge in [0.15, 0.2) is 12.6 Å². The second kappa shape index (κ2) is 10.9. The molecule has 3 N–H and O–H groups in total. The van der Waals surface area contributed by atoms with E-state index in [1.54, 1.807) is 0 Å². The fourth-order valence-electron chi connectivity index (χ4n) is 3.64. The summed E-state index contributed by atoms with van der Waals surface area (Å²) in [6, 6.07) is 13.7. The van der Waals surface area contributed by atoms with E-state index in [1.165, 1.54) is 16.8 Å². The Morgan fingerprint density at radius 1 is 1.16 bits per heavy atom. The normalized spacial score (nSPS) is 14.5. The highest BCUT2D eigenvalue weighted by molar-refractivity contribution is 6.30. The van der Waals surface area contributed by atoms with Gasteiger partial charge in [0.1, 0.15) is 5.75 Å². The number of rotatable bonds is 7. The van der Waals surface area contributed by atoms with Gasteiger partial charge in [-0.2, -0.15) is 0 Å². The number of anilines is 1. The maximum atomic E-state index is 10.8. The number of carbonyl (C=O) groups is 1. The number of nitrogens with two attached hydrogens (primary N) is 1. The maximum Gasteiger partial charge on any atom is 0.255 e. The first kappa shape index (κ1) is 22.7. The van der Waals surface area contributed by atoms with Crippen molar-refractivity contribution in [3.8, 4) is 5.75 Å². The highest BCUT2D eigenvalue weighted by atomic mass is 35.5. The van der Waals surface area contributed by atoms with Crippen LogP contribution in [0.25, 0.3) is 0 Å². The van der Waals surface area contributed by atoms with Crippen molar-refractivity contribution in [1.82, 2.24) is 10.2 Å². The molecule has 0 radical (unpaired) electrons. The van der Waals surface area contributed by atoms with Crippen molar-refractivity contribution in [2.24, 2.45) is 10.7 Å². The first-order valence-electron chi connectivity index (χ1n) is 10.4. The van der Waals surface area contributed by atoms with Crippen LogP contribution in [0.1, 0.15) is 11.1 Å². The van der Waals surface area contributed by atoms with Crippen LogP contribution in [0.3, 0.4) is 0 Å². The summed E-state index contributed by atoms with van der Waals surface area (Å²) < 4.78 is 5.29. The molecule has 2 aromatic carbocycles. The SMILES string of the molecule is CN=C(NCCc1ccc(OCC(N)=O)cc1)N1CCN(c2cc(Cl)ccc2C)CC1. The maximum absolute atomic E-state index is 10.8. The van der Waals surface area contributed by atoms with Gasteiger partial charge >= 0.3 is 0 Å². The lowest BCUT2D eigenvalue weighted by Crippen LogP contribution is -2.53. The van der Waals surface area contributed by atoms with E-state index in [4.69, 9.17) is 22.1 Å². The van der Waals surface area contributed by atoms with Crippen molar-refractivity contribution in [1.29, 1.82) is 0 Å². The molecular formula is C23H30ClN5O2. The van der Waals surface area contributed by atoms with Gasteiger partial charge in [-0.1, -0.05) is 29.8 Å². The van der Waals surface area contributed by atoms with E-state index in [0.717, 1.165) is 50.1 Å². The molecule has 1 amide bonds. The van der Waals surface area contributed by atoms with Crippen LogP contribution in [0, 0.1) is 6.92 Å². The Morgan fingerprint density at radius 3 is 2.52 bits per heavy atom. The molecule has 2 aromatic rings. The lowest BCUT2D eigenvalue weighted by Gasteiger charge is -2.38. The standard InChI is InChI=1S/C23H30ClN5O2/c1-17-3-6-19(24)15-21(17)28-11-13-29(14-12-28)23(26-2)27-10-9-18-4-7-20(8-5-18)31-16-22(25)30/h3-8,15H,9-14,16H2,1-2H3,(H2,25,30)(H,26,27). The summed E-state index contributed by atoms with van der Waals surface area (Å²) in [4.78, 5) is 19.9. The van der Waals surface area contributed by atoms with E-state index in [-0.39, 0.29) is 6.61 Å². The second-order valence-electron chi connectivity index (χ2n) is 7.53. The van der Waals surface area contributed by atoms with Gasteiger partial charge < -0.3 is 25.6 Å². The van der Waals surface area contributed by atoms with Crippen LogP contribution in [-0.2, 0) is 11.2 Å². The van der Waals surface area contributed by atoms with Gasteiger partial charge in [-0.05, 0) is 48.7 Å². The highest BCUT2D eigenvalue weighted by Gasteiger charge is 2.20. The predicted molar refractivity (Wildman–Crippen MR) is 126 cm³/mol. The first-order chi connectivity index (χ1) is 15.0. The number of guanidine groups is 1. The van der Waals surface area contributed by atoms with Crippen LogP contribution >= 0.6 is 11.6 Å². The number of amides is 1. The number of hydrogen-bond acceptors (Lipinski definition) is 4. The zero-order valence-electron chi connectivity index (χ0n) is 18.1. The van der Waals surface area contributed by atoms with Crippen molar-refractivity contribution in [2.75, 3.05) is 51.3 Å². The van der Waals surface area contributed by atoms with Gasteiger partial charge in [0, 0.05) is 50.5 Å². The largest absolute Gasteiger partial charge is 0.484 e. The van der Waals surface area contributed by atoms with Crippen LogP contribution in [-0.4, -0.2) is 63.1 Å². The third-order valence-electron chi connectivity index (χ3n) is 5.30. The summed E-state index contributed by atoms with van der Waals surface area (Å²) in [7, 11) is 1.82. The Bertz CT molecular complexity index is 909. The van der Waals surface area contributed by atoms with E-state index in [2.05, 4.69) is 33.1 Å². The quantitative estimate of drug-likeness (QED) is 0.507. The summed E-state index contributed by atoms with van der Waals surface area (Å²) in [5.74, 6) is 1.08. The van der Waals surface area contributed by atoms with Crippen LogP contribution in [0.5, 0.6) is 5.75 Å². The Balaban J connectivity index is 1.46. The number of aliphatic imine (C=N–C) groups is 1. The van der Waals surface area contributed by atoms with E-state index in [0.29, 0.717) is 5.75 Å². The highest BCUT2D eigenvalue weighted by Crippen LogP contribution is 2.25. The van der Waals surface area contributed by atoms with E-state index >= 15 is 0 Å². The molecule has 1 saturated heterocycles. The van der Waals surface area contributed by atoms with Crippen molar-refractivity contribution in [3.05, 3.63) is 58.6 Å². The zero-order chi connectivity index (χ0) is 22.2. The van der Waals surface area contributed by atoms with Crippen molar-refractivity contribution in [2.45, 2.75) is 13.3 Å². The van der Waals surface area contributed by atoms with Gasteiger partial charge in [-0.15, -0.1) is 0 Å². The van der Waals surface area contributed by atoms with Crippen molar-refractivity contribution < 1.29 is 9.53 Å². The molecule has 1 heterocycles. The number of nitrogens with one attached hydrogen (secondary N) is 1. The summed E-state index contributed by atoms with van der Waals surface area (Å²) >= 11 is 6.19. The van der Waals surface area contributed by atoms with Crippen LogP contribution in [0.2, 0.25) is 5.02 Å². The van der Waals surface area contributed by atoms with Crippen molar-refractivity contribution >= 4 is 29.2 Å². The molecule has 1 aliphatic rings. The third-order valence-corrected chi connectivity index (χ3v) is 5.54. The average molecular weight is 444 g/mol. The minimum absolute atomic E-state index is 0.110. The zero-order valence-corrected chi connectivity index (χ0v) is 18.9. The van der Waals surface area contributed by atoms with E-state index < -0.39 is 5.91 Å². The molecule has 7 nitrogen and oxygen atoms in total. The number of aryl methyl sites for hydroxylation is 1. The molecule has 1 fully saturated rings. The number of hydrogen-bond donors (Lipinski definition) is 2. The fourth-order valence-corrected chi connectivity index (χ4v) is 3.81. The smallest absolute Gasteiger partial charge is 0.255 e. The Hall–Kier alpha value is -2.93. The number of primary amides is 1. The molecular weight excluding hydrogens is 414 g/mol. The molecule has 0 aromatic heterocycles.